The molecule has 5 rings (SSSR count). The van der Waals surface area contributed by atoms with E-state index < -0.39 is 23.2 Å². The van der Waals surface area contributed by atoms with Crippen LogP contribution in [0.15, 0.2) is 70.6 Å². The number of carbonyl (C=O) groups is 2. The molecule has 0 atom stereocenters. The molecule has 1 fully saturated rings. The fraction of sp³-hybridized carbons (Fsp3) is 0.353. The molecule has 1 aliphatic carbocycles. The van der Waals surface area contributed by atoms with E-state index in [2.05, 4.69) is 10.1 Å². The molecule has 2 aromatic heterocycles. The summed E-state index contributed by atoms with van der Waals surface area (Å²) in [5.74, 6) is -1.49. The van der Waals surface area contributed by atoms with Crippen molar-refractivity contribution in [1.29, 1.82) is 5.26 Å². The van der Waals surface area contributed by atoms with Crippen LogP contribution in [0.2, 0.25) is 0 Å². The summed E-state index contributed by atoms with van der Waals surface area (Å²) in [4.78, 5) is 44.9. The number of aromatic nitrogens is 4. The van der Waals surface area contributed by atoms with E-state index in [0.717, 1.165) is 16.8 Å². The number of nitriles is 1. The number of esters is 1. The van der Waals surface area contributed by atoms with E-state index in [1.54, 1.807) is 30.3 Å². The molecule has 0 N–H and O–H groups in total. The summed E-state index contributed by atoms with van der Waals surface area (Å²) in [6, 6.07) is 14.3. The Labute approximate surface area is 274 Å². The maximum absolute atomic E-state index is 14.0. The number of ether oxygens (including phenoxy) is 1. The predicted molar refractivity (Wildman–Crippen MR) is 171 cm³/mol. The van der Waals surface area contributed by atoms with Crippen molar-refractivity contribution in [3.63, 3.8) is 0 Å². The molecule has 11 nitrogen and oxygen atoms in total. The lowest BCUT2D eigenvalue weighted by molar-refractivity contribution is -0.870. The predicted octanol–water partition coefficient (Wildman–Crippen LogP) is 4.94. The lowest BCUT2D eigenvalue weighted by atomic mass is 9.88. The van der Waals surface area contributed by atoms with E-state index in [1.807, 2.05) is 27.2 Å². The number of aliphatic imine (C=N–C) groups is 1. The number of likely N-dealkylation sites (N-methyl/N-ethyl adjacent to an activating group) is 1. The van der Waals surface area contributed by atoms with Gasteiger partial charge in [0.2, 0.25) is 0 Å². The minimum Gasteiger partial charge on any atom is -0.459 e. The Morgan fingerprint density at radius 3 is 2.38 bits per heavy atom. The van der Waals surface area contributed by atoms with Crippen LogP contribution < -0.4 is 5.56 Å². The summed E-state index contributed by atoms with van der Waals surface area (Å²) in [5, 5.41) is 13.6. The zero-order valence-corrected chi connectivity index (χ0v) is 27.0. The van der Waals surface area contributed by atoms with Crippen LogP contribution in [-0.2, 0) is 22.8 Å². The molecule has 0 unspecified atom stereocenters. The van der Waals surface area contributed by atoms with E-state index in [1.165, 1.54) is 34.7 Å². The first-order valence-corrected chi connectivity index (χ1v) is 15.3. The van der Waals surface area contributed by atoms with Gasteiger partial charge in [-0.1, -0.05) is 6.07 Å². The van der Waals surface area contributed by atoms with Gasteiger partial charge in [0.05, 0.1) is 67.5 Å². The summed E-state index contributed by atoms with van der Waals surface area (Å²) < 4.78 is 50.8. The van der Waals surface area contributed by atoms with Crippen molar-refractivity contribution < 1.29 is 32.0 Å². The second-order valence-electron chi connectivity index (χ2n) is 12.6. The molecule has 48 heavy (non-hydrogen) atoms. The number of amides is 1. The quantitative estimate of drug-likeness (QED) is 0.195. The minimum atomic E-state index is -4.66. The Morgan fingerprint density at radius 1 is 1.06 bits per heavy atom. The molecule has 1 saturated carbocycles. The molecule has 1 aliphatic rings. The van der Waals surface area contributed by atoms with Gasteiger partial charge in [-0.3, -0.25) is 19.1 Å². The highest BCUT2D eigenvalue weighted by Crippen LogP contribution is 2.32. The SMILES string of the molecule is Cn1c(-c2ccnn2-c2ccc(C#N)cc2)c(C(=O)N=C2CCC(C(=O)OCC[N+](C)(C)C)CC2)c(=O)n1-c1cccc(C(F)(F)F)c1. The van der Waals surface area contributed by atoms with Crippen molar-refractivity contribution in [3.05, 3.63) is 87.8 Å². The third-order valence-corrected chi connectivity index (χ3v) is 8.19. The van der Waals surface area contributed by atoms with Crippen LogP contribution in [0.1, 0.15) is 47.2 Å². The number of rotatable bonds is 8. The van der Waals surface area contributed by atoms with Gasteiger partial charge in [-0.2, -0.15) is 23.5 Å². The molecular weight excluding hydrogens is 627 g/mol. The van der Waals surface area contributed by atoms with E-state index in [4.69, 9.17) is 4.74 Å². The Kier molecular flexibility index (Phi) is 9.54. The molecule has 0 aliphatic heterocycles. The first-order chi connectivity index (χ1) is 22.7. The minimum absolute atomic E-state index is 0.0862. The highest BCUT2D eigenvalue weighted by molar-refractivity contribution is 6.07. The van der Waals surface area contributed by atoms with E-state index >= 15 is 0 Å². The first kappa shape index (κ1) is 34.1. The summed E-state index contributed by atoms with van der Waals surface area (Å²) in [5.41, 5.74) is -0.438. The molecule has 2 aromatic carbocycles. The largest absolute Gasteiger partial charge is 0.459 e. The molecular formula is C34H35F3N7O4+. The Bertz CT molecular complexity index is 1960. The lowest BCUT2D eigenvalue weighted by Gasteiger charge is -2.25. The summed E-state index contributed by atoms with van der Waals surface area (Å²) in [6.45, 7) is 0.966. The van der Waals surface area contributed by atoms with Gasteiger partial charge in [0, 0.05) is 12.8 Å². The van der Waals surface area contributed by atoms with Gasteiger partial charge in [0.25, 0.3) is 11.5 Å². The Balaban J connectivity index is 1.52. The van der Waals surface area contributed by atoms with Gasteiger partial charge in [-0.05, 0) is 74.2 Å². The molecule has 250 valence electrons. The van der Waals surface area contributed by atoms with Crippen molar-refractivity contribution >= 4 is 17.6 Å². The average Bonchev–Trinajstić information content (AvgIpc) is 3.62. The van der Waals surface area contributed by atoms with Crippen LogP contribution >= 0.6 is 0 Å². The average molecular weight is 663 g/mol. The second-order valence-corrected chi connectivity index (χ2v) is 12.6. The highest BCUT2D eigenvalue weighted by Gasteiger charge is 2.33. The standard InChI is InChI=1S/C34H35F3N7O4/c1-41-30(28-16-17-39-42(28)26-14-8-22(21-38)9-15-26)29(32(46)43(41)27-7-5-6-24(20-27)34(35,36)37)31(45)40-25-12-10-23(11-13-25)33(47)48-19-18-44(2,3)4/h5-9,14-17,20,23H,10-13,18-19H2,1-4H3/q+1. The van der Waals surface area contributed by atoms with Crippen molar-refractivity contribution in [3.8, 4) is 28.8 Å². The van der Waals surface area contributed by atoms with Gasteiger partial charge < -0.3 is 9.22 Å². The monoisotopic (exact) mass is 662 g/mol. The van der Waals surface area contributed by atoms with Gasteiger partial charge >= 0.3 is 12.1 Å². The van der Waals surface area contributed by atoms with E-state index in [9.17, 15) is 32.8 Å². The lowest BCUT2D eigenvalue weighted by Crippen LogP contribution is -2.38. The summed E-state index contributed by atoms with van der Waals surface area (Å²) in [7, 11) is 7.47. The van der Waals surface area contributed by atoms with Crippen molar-refractivity contribution in [2.75, 3.05) is 34.3 Å². The second kappa shape index (κ2) is 13.4. The van der Waals surface area contributed by atoms with E-state index in [0.29, 0.717) is 66.0 Å². The fourth-order valence-electron chi connectivity index (χ4n) is 5.60. The van der Waals surface area contributed by atoms with E-state index in [-0.39, 0.29) is 28.8 Å². The van der Waals surface area contributed by atoms with Crippen LogP contribution in [0.4, 0.5) is 13.2 Å². The first-order valence-electron chi connectivity index (χ1n) is 15.3. The zero-order valence-electron chi connectivity index (χ0n) is 27.0. The third kappa shape index (κ3) is 7.31. The Morgan fingerprint density at radius 2 is 1.75 bits per heavy atom. The normalized spacial score (nSPS) is 15.2. The number of hydrogen-bond donors (Lipinski definition) is 0. The Hall–Kier alpha value is -5.29. The molecule has 0 radical (unpaired) electrons. The highest BCUT2D eigenvalue weighted by atomic mass is 19.4. The number of alkyl halides is 3. The number of benzene rings is 2. The number of hydrogen-bond acceptors (Lipinski definition) is 6. The van der Waals surface area contributed by atoms with Crippen LogP contribution in [0, 0.1) is 17.2 Å². The number of quaternary nitrogens is 1. The molecule has 1 amide bonds. The molecule has 0 saturated heterocycles. The topological polar surface area (TPSA) is 124 Å². The van der Waals surface area contributed by atoms with Crippen LogP contribution in [0.5, 0.6) is 0 Å². The zero-order chi connectivity index (χ0) is 34.8. The number of nitrogens with zero attached hydrogens (tertiary/aromatic N) is 7. The summed E-state index contributed by atoms with van der Waals surface area (Å²) >= 11 is 0. The smallest absolute Gasteiger partial charge is 0.416 e. The molecule has 0 spiro atoms. The van der Waals surface area contributed by atoms with Gasteiger partial charge in [0.15, 0.2) is 0 Å². The van der Waals surface area contributed by atoms with Gasteiger partial charge in [-0.15, -0.1) is 0 Å². The van der Waals surface area contributed by atoms with Crippen molar-refractivity contribution in [2.45, 2.75) is 31.9 Å². The van der Waals surface area contributed by atoms with Crippen LogP contribution in [0.3, 0.4) is 0 Å². The van der Waals surface area contributed by atoms with Gasteiger partial charge in [-0.25, -0.2) is 14.4 Å². The fourth-order valence-corrected chi connectivity index (χ4v) is 5.60. The number of carbonyl (C=O) groups excluding carboxylic acids is 2. The molecule has 14 heteroatoms. The van der Waals surface area contributed by atoms with Crippen molar-refractivity contribution in [1.82, 2.24) is 19.1 Å². The molecule has 0 bridgehead atoms. The molecule has 4 aromatic rings. The molecule has 2 heterocycles. The maximum Gasteiger partial charge on any atom is 0.416 e. The van der Waals surface area contributed by atoms with Crippen molar-refractivity contribution in [2.24, 2.45) is 18.0 Å². The van der Waals surface area contributed by atoms with Crippen LogP contribution in [-0.4, -0.2) is 75.5 Å². The van der Waals surface area contributed by atoms with Gasteiger partial charge in [0.1, 0.15) is 24.4 Å². The van der Waals surface area contributed by atoms with Crippen LogP contribution in [0.25, 0.3) is 22.8 Å². The maximum atomic E-state index is 14.0. The summed E-state index contributed by atoms with van der Waals surface area (Å²) in [6.07, 6.45) is -1.67. The number of halogens is 3. The third-order valence-electron chi connectivity index (χ3n) is 8.19.